The molecule has 2 fully saturated rings. The van der Waals surface area contributed by atoms with Crippen LogP contribution in [-0.2, 0) is 4.74 Å². The first-order chi connectivity index (χ1) is 14.8. The van der Waals surface area contributed by atoms with Crippen molar-refractivity contribution < 1.29 is 4.74 Å². The molecule has 2 aromatic heterocycles. The van der Waals surface area contributed by atoms with Crippen LogP contribution in [0.15, 0.2) is 42.7 Å². The predicted molar refractivity (Wildman–Crippen MR) is 118 cm³/mol. The Morgan fingerprint density at radius 1 is 0.900 bits per heavy atom. The number of rotatable bonds is 4. The molecule has 2 aliphatic heterocycles. The van der Waals surface area contributed by atoms with Crippen molar-refractivity contribution >= 4 is 28.6 Å². The highest BCUT2D eigenvalue weighted by atomic mass is 16.5. The zero-order chi connectivity index (χ0) is 20.3. The minimum Gasteiger partial charge on any atom is -0.378 e. The Balaban J connectivity index is 1.24. The molecular weight excluding hydrogens is 378 g/mol. The summed E-state index contributed by atoms with van der Waals surface area (Å²) in [6.07, 6.45) is 5.87. The molecule has 0 bridgehead atoms. The lowest BCUT2D eigenvalue weighted by molar-refractivity contribution is 0.122. The standard InChI is InChI=1S/C22H27N7O/c1-27(20-6-9-23-22(26-20)29-12-14-30-15-13-29)17-7-10-28(11-8-17)21-16-24-18-4-2-3-5-19(18)25-21/h2-6,9,16-17H,7-8,10-15H2,1H3. The van der Waals surface area contributed by atoms with Gasteiger partial charge in [0.05, 0.1) is 30.4 Å². The number of piperidine rings is 1. The smallest absolute Gasteiger partial charge is 0.227 e. The summed E-state index contributed by atoms with van der Waals surface area (Å²) in [5.41, 5.74) is 1.89. The third-order valence-corrected chi connectivity index (χ3v) is 6.06. The van der Waals surface area contributed by atoms with Gasteiger partial charge in [0.2, 0.25) is 5.95 Å². The number of aromatic nitrogens is 4. The Morgan fingerprint density at radius 2 is 1.67 bits per heavy atom. The van der Waals surface area contributed by atoms with Crippen LogP contribution in [0.2, 0.25) is 0 Å². The van der Waals surface area contributed by atoms with Gasteiger partial charge >= 0.3 is 0 Å². The van der Waals surface area contributed by atoms with E-state index in [1.165, 1.54) is 0 Å². The Kier molecular flexibility index (Phi) is 5.31. The number of nitrogens with zero attached hydrogens (tertiary/aromatic N) is 7. The zero-order valence-corrected chi connectivity index (χ0v) is 17.3. The minimum atomic E-state index is 0.446. The number of benzene rings is 1. The van der Waals surface area contributed by atoms with Gasteiger partial charge in [-0.05, 0) is 31.0 Å². The molecule has 8 heteroatoms. The van der Waals surface area contributed by atoms with Crippen molar-refractivity contribution in [1.82, 2.24) is 19.9 Å². The zero-order valence-electron chi connectivity index (χ0n) is 17.3. The number of fused-ring (bicyclic) bond motifs is 1. The van der Waals surface area contributed by atoms with E-state index in [1.54, 1.807) is 0 Å². The van der Waals surface area contributed by atoms with Crippen molar-refractivity contribution in [2.45, 2.75) is 18.9 Å². The molecule has 156 valence electrons. The summed E-state index contributed by atoms with van der Waals surface area (Å²) in [4.78, 5) is 25.5. The fourth-order valence-corrected chi connectivity index (χ4v) is 4.22. The van der Waals surface area contributed by atoms with Gasteiger partial charge in [-0.15, -0.1) is 0 Å². The lowest BCUT2D eigenvalue weighted by atomic mass is 10.0. The minimum absolute atomic E-state index is 0.446. The maximum Gasteiger partial charge on any atom is 0.227 e. The third kappa shape index (κ3) is 3.87. The fraction of sp³-hybridized carbons (Fsp3) is 0.455. The number of anilines is 3. The van der Waals surface area contributed by atoms with Gasteiger partial charge in [0.15, 0.2) is 0 Å². The average Bonchev–Trinajstić information content (AvgIpc) is 2.84. The molecule has 0 spiro atoms. The van der Waals surface area contributed by atoms with E-state index in [9.17, 15) is 0 Å². The van der Waals surface area contributed by atoms with Gasteiger partial charge in [0.25, 0.3) is 0 Å². The van der Waals surface area contributed by atoms with Gasteiger partial charge < -0.3 is 19.4 Å². The van der Waals surface area contributed by atoms with Crippen molar-refractivity contribution in [2.75, 3.05) is 61.1 Å². The molecule has 0 N–H and O–H groups in total. The SMILES string of the molecule is CN(c1ccnc(N2CCOCC2)n1)C1CCN(c2cnc3ccccc3n2)CC1. The molecule has 0 atom stereocenters. The van der Waals surface area contributed by atoms with Crippen LogP contribution in [0.25, 0.3) is 11.0 Å². The molecule has 2 aliphatic rings. The molecule has 1 aromatic carbocycles. The molecule has 5 rings (SSSR count). The highest BCUT2D eigenvalue weighted by Gasteiger charge is 2.25. The molecule has 2 saturated heterocycles. The van der Waals surface area contributed by atoms with Crippen molar-refractivity contribution in [2.24, 2.45) is 0 Å². The Hall–Kier alpha value is -3.00. The lowest BCUT2D eigenvalue weighted by Gasteiger charge is -2.38. The average molecular weight is 406 g/mol. The molecule has 0 aliphatic carbocycles. The molecule has 0 radical (unpaired) electrons. The summed E-state index contributed by atoms with van der Waals surface area (Å²) in [7, 11) is 2.14. The lowest BCUT2D eigenvalue weighted by Crippen LogP contribution is -2.44. The molecular formula is C22H27N7O. The largest absolute Gasteiger partial charge is 0.378 e. The first-order valence-corrected chi connectivity index (χ1v) is 10.6. The van der Waals surface area contributed by atoms with E-state index in [1.807, 2.05) is 42.7 Å². The normalized spacial score (nSPS) is 18.0. The van der Waals surface area contributed by atoms with Crippen LogP contribution < -0.4 is 14.7 Å². The van der Waals surface area contributed by atoms with Crippen LogP contribution in [-0.4, -0.2) is 72.4 Å². The summed E-state index contributed by atoms with van der Waals surface area (Å²) in [5, 5.41) is 0. The summed E-state index contributed by atoms with van der Waals surface area (Å²) >= 11 is 0. The third-order valence-electron chi connectivity index (χ3n) is 6.06. The van der Waals surface area contributed by atoms with Gasteiger partial charge in [-0.1, -0.05) is 12.1 Å². The van der Waals surface area contributed by atoms with Crippen molar-refractivity contribution in [3.63, 3.8) is 0 Å². The second-order valence-electron chi connectivity index (χ2n) is 7.86. The summed E-state index contributed by atoms with van der Waals surface area (Å²) in [6.45, 7) is 5.09. The van der Waals surface area contributed by atoms with Crippen molar-refractivity contribution in [1.29, 1.82) is 0 Å². The molecule has 0 saturated carbocycles. The molecule has 8 nitrogen and oxygen atoms in total. The fourth-order valence-electron chi connectivity index (χ4n) is 4.22. The highest BCUT2D eigenvalue weighted by Crippen LogP contribution is 2.25. The van der Waals surface area contributed by atoms with Gasteiger partial charge in [-0.3, -0.25) is 4.98 Å². The van der Waals surface area contributed by atoms with E-state index in [4.69, 9.17) is 14.7 Å². The van der Waals surface area contributed by atoms with E-state index < -0.39 is 0 Å². The second-order valence-corrected chi connectivity index (χ2v) is 7.86. The maximum atomic E-state index is 5.44. The van der Waals surface area contributed by atoms with E-state index in [0.717, 1.165) is 80.9 Å². The van der Waals surface area contributed by atoms with Crippen LogP contribution in [0, 0.1) is 0 Å². The Bertz CT molecular complexity index is 999. The summed E-state index contributed by atoms with van der Waals surface area (Å²) in [6, 6.07) is 10.5. The van der Waals surface area contributed by atoms with Gasteiger partial charge in [0.1, 0.15) is 11.6 Å². The Labute approximate surface area is 176 Å². The molecule has 0 amide bonds. The summed E-state index contributed by atoms with van der Waals surface area (Å²) < 4.78 is 5.44. The molecule has 4 heterocycles. The Morgan fingerprint density at radius 3 is 2.47 bits per heavy atom. The first-order valence-electron chi connectivity index (χ1n) is 10.6. The van der Waals surface area contributed by atoms with Crippen LogP contribution in [0.1, 0.15) is 12.8 Å². The van der Waals surface area contributed by atoms with Crippen LogP contribution in [0.4, 0.5) is 17.6 Å². The topological polar surface area (TPSA) is 70.5 Å². The monoisotopic (exact) mass is 405 g/mol. The highest BCUT2D eigenvalue weighted by molar-refractivity contribution is 5.75. The van der Waals surface area contributed by atoms with Crippen LogP contribution in [0.5, 0.6) is 0 Å². The van der Waals surface area contributed by atoms with E-state index >= 15 is 0 Å². The quantitative estimate of drug-likeness (QED) is 0.655. The first kappa shape index (κ1) is 19.0. The number of hydrogen-bond donors (Lipinski definition) is 0. The van der Waals surface area contributed by atoms with Gasteiger partial charge in [-0.2, -0.15) is 4.98 Å². The van der Waals surface area contributed by atoms with Crippen molar-refractivity contribution in [3.05, 3.63) is 42.7 Å². The van der Waals surface area contributed by atoms with Crippen LogP contribution in [0.3, 0.4) is 0 Å². The molecule has 30 heavy (non-hydrogen) atoms. The molecule has 0 unspecified atom stereocenters. The van der Waals surface area contributed by atoms with Gasteiger partial charge in [0, 0.05) is 45.5 Å². The van der Waals surface area contributed by atoms with Crippen LogP contribution >= 0.6 is 0 Å². The second kappa shape index (κ2) is 8.39. The predicted octanol–water partition coefficient (Wildman–Crippen LogP) is 2.36. The summed E-state index contributed by atoms with van der Waals surface area (Å²) in [5.74, 6) is 2.74. The number of morpholine rings is 1. The van der Waals surface area contributed by atoms with E-state index in [-0.39, 0.29) is 0 Å². The number of para-hydroxylation sites is 2. The van der Waals surface area contributed by atoms with E-state index in [0.29, 0.717) is 6.04 Å². The number of hydrogen-bond acceptors (Lipinski definition) is 8. The molecule has 3 aromatic rings. The van der Waals surface area contributed by atoms with E-state index in [2.05, 4.69) is 31.7 Å². The van der Waals surface area contributed by atoms with Gasteiger partial charge in [-0.25, -0.2) is 9.97 Å². The van der Waals surface area contributed by atoms with Crippen molar-refractivity contribution in [3.8, 4) is 0 Å². The maximum absolute atomic E-state index is 5.44. The number of ether oxygens (including phenoxy) is 1.